The number of hydrogen-bond donors (Lipinski definition) is 0. The van der Waals surface area contributed by atoms with Crippen LogP contribution in [0.15, 0.2) is 24.3 Å². The fourth-order valence-electron chi connectivity index (χ4n) is 1.69. The van der Waals surface area contributed by atoms with E-state index < -0.39 is 0 Å². The summed E-state index contributed by atoms with van der Waals surface area (Å²) in [5, 5.41) is 0. The molecule has 1 heteroatoms. The van der Waals surface area contributed by atoms with Gasteiger partial charge in [0.15, 0.2) is 0 Å². The maximum atomic E-state index is 12.6. The molecular formula is C12H17F. The first-order chi connectivity index (χ1) is 6.27. The van der Waals surface area contributed by atoms with Crippen molar-refractivity contribution in [1.82, 2.24) is 0 Å². The van der Waals surface area contributed by atoms with Gasteiger partial charge in [0, 0.05) is 0 Å². The van der Waals surface area contributed by atoms with Gasteiger partial charge in [-0.15, -0.1) is 0 Å². The van der Waals surface area contributed by atoms with Crippen LogP contribution in [0, 0.1) is 5.82 Å². The zero-order valence-corrected chi connectivity index (χ0v) is 8.39. The van der Waals surface area contributed by atoms with Crippen molar-refractivity contribution >= 4 is 0 Å². The Labute approximate surface area is 79.8 Å². The molecule has 72 valence electrons. The predicted octanol–water partition coefficient (Wildman–Crippen LogP) is 4.12. The minimum absolute atomic E-state index is 0.143. The maximum absolute atomic E-state index is 12.6. The van der Waals surface area contributed by atoms with Crippen molar-refractivity contribution in [2.45, 2.75) is 39.0 Å². The van der Waals surface area contributed by atoms with Gasteiger partial charge >= 0.3 is 0 Å². The summed E-state index contributed by atoms with van der Waals surface area (Å²) in [6, 6.07) is 6.90. The van der Waals surface area contributed by atoms with Gasteiger partial charge in [-0.1, -0.05) is 32.4 Å². The third-order valence-electron chi connectivity index (χ3n) is 2.47. The van der Waals surface area contributed by atoms with E-state index in [1.165, 1.54) is 18.4 Å². The van der Waals surface area contributed by atoms with Crippen molar-refractivity contribution in [2.24, 2.45) is 0 Å². The molecule has 0 aliphatic heterocycles. The summed E-state index contributed by atoms with van der Waals surface area (Å²) in [6.07, 6.45) is 3.53. The van der Waals surface area contributed by atoms with Crippen molar-refractivity contribution in [3.05, 3.63) is 35.6 Å². The van der Waals surface area contributed by atoms with Gasteiger partial charge in [0.05, 0.1) is 0 Å². The molecule has 1 unspecified atom stereocenters. The van der Waals surface area contributed by atoms with Gasteiger partial charge in [-0.3, -0.25) is 0 Å². The van der Waals surface area contributed by atoms with Crippen LogP contribution in [0.1, 0.15) is 44.6 Å². The van der Waals surface area contributed by atoms with Crippen LogP contribution in [-0.2, 0) is 0 Å². The van der Waals surface area contributed by atoms with Crippen molar-refractivity contribution in [2.75, 3.05) is 0 Å². The number of halogens is 1. The Morgan fingerprint density at radius 1 is 1.15 bits per heavy atom. The minimum Gasteiger partial charge on any atom is -0.207 e. The van der Waals surface area contributed by atoms with Crippen LogP contribution in [-0.4, -0.2) is 0 Å². The van der Waals surface area contributed by atoms with Crippen LogP contribution in [0.4, 0.5) is 4.39 Å². The van der Waals surface area contributed by atoms with Crippen LogP contribution in [0.2, 0.25) is 0 Å². The van der Waals surface area contributed by atoms with Gasteiger partial charge in [0.2, 0.25) is 0 Å². The van der Waals surface area contributed by atoms with E-state index in [2.05, 4.69) is 13.8 Å². The van der Waals surface area contributed by atoms with Crippen LogP contribution in [0.3, 0.4) is 0 Å². The third-order valence-corrected chi connectivity index (χ3v) is 2.47. The minimum atomic E-state index is -0.143. The standard InChI is InChI=1S/C12H17F/c1-3-5-10(4-2)11-6-8-12(13)9-7-11/h6-10H,3-5H2,1-2H3. The molecule has 13 heavy (non-hydrogen) atoms. The van der Waals surface area contributed by atoms with E-state index in [1.54, 1.807) is 12.1 Å². The first-order valence-electron chi connectivity index (χ1n) is 5.03. The Balaban J connectivity index is 2.73. The summed E-state index contributed by atoms with van der Waals surface area (Å²) >= 11 is 0. The van der Waals surface area contributed by atoms with Crippen LogP contribution < -0.4 is 0 Å². The lowest BCUT2D eigenvalue weighted by Gasteiger charge is -2.13. The molecule has 0 radical (unpaired) electrons. The SMILES string of the molecule is CCCC(CC)c1ccc(F)cc1. The van der Waals surface area contributed by atoms with Crippen molar-refractivity contribution in [3.63, 3.8) is 0 Å². The smallest absolute Gasteiger partial charge is 0.123 e. The van der Waals surface area contributed by atoms with E-state index in [9.17, 15) is 4.39 Å². The quantitative estimate of drug-likeness (QED) is 0.653. The molecule has 1 atom stereocenters. The Morgan fingerprint density at radius 2 is 1.77 bits per heavy atom. The van der Waals surface area contributed by atoms with E-state index in [4.69, 9.17) is 0 Å². The lowest BCUT2D eigenvalue weighted by Crippen LogP contribution is -1.96. The fraction of sp³-hybridized carbons (Fsp3) is 0.500. The lowest BCUT2D eigenvalue weighted by atomic mass is 9.92. The first-order valence-corrected chi connectivity index (χ1v) is 5.03. The van der Waals surface area contributed by atoms with Crippen LogP contribution in [0.25, 0.3) is 0 Å². The van der Waals surface area contributed by atoms with E-state index in [0.29, 0.717) is 5.92 Å². The van der Waals surface area contributed by atoms with E-state index in [-0.39, 0.29) is 5.82 Å². The fourth-order valence-corrected chi connectivity index (χ4v) is 1.69. The highest BCUT2D eigenvalue weighted by atomic mass is 19.1. The van der Waals surface area contributed by atoms with E-state index in [0.717, 1.165) is 6.42 Å². The van der Waals surface area contributed by atoms with Gasteiger partial charge in [0.25, 0.3) is 0 Å². The molecule has 0 amide bonds. The first kappa shape index (κ1) is 10.2. The zero-order chi connectivity index (χ0) is 9.68. The molecule has 0 spiro atoms. The molecule has 0 aromatic heterocycles. The van der Waals surface area contributed by atoms with Gasteiger partial charge in [-0.25, -0.2) is 4.39 Å². The second kappa shape index (κ2) is 5.00. The molecule has 1 rings (SSSR count). The maximum Gasteiger partial charge on any atom is 0.123 e. The summed E-state index contributed by atoms with van der Waals surface area (Å²) in [5.41, 5.74) is 1.27. The topological polar surface area (TPSA) is 0 Å². The molecule has 0 saturated heterocycles. The second-order valence-corrected chi connectivity index (χ2v) is 3.45. The Kier molecular flexibility index (Phi) is 3.94. The summed E-state index contributed by atoms with van der Waals surface area (Å²) < 4.78 is 12.6. The average Bonchev–Trinajstić information content (AvgIpc) is 2.16. The van der Waals surface area contributed by atoms with Crippen LogP contribution in [0.5, 0.6) is 0 Å². The van der Waals surface area contributed by atoms with Gasteiger partial charge in [-0.2, -0.15) is 0 Å². The Bertz CT molecular complexity index is 238. The third kappa shape index (κ3) is 2.83. The summed E-state index contributed by atoms with van der Waals surface area (Å²) in [7, 11) is 0. The summed E-state index contributed by atoms with van der Waals surface area (Å²) in [6.45, 7) is 4.37. The highest BCUT2D eigenvalue weighted by Gasteiger charge is 2.07. The monoisotopic (exact) mass is 180 g/mol. The number of benzene rings is 1. The number of rotatable bonds is 4. The molecule has 0 aliphatic carbocycles. The van der Waals surface area contributed by atoms with Gasteiger partial charge in [-0.05, 0) is 36.5 Å². The summed E-state index contributed by atoms with van der Waals surface area (Å²) in [5.74, 6) is 0.459. The summed E-state index contributed by atoms with van der Waals surface area (Å²) in [4.78, 5) is 0. The Hall–Kier alpha value is -0.850. The molecule has 0 bridgehead atoms. The van der Waals surface area contributed by atoms with E-state index >= 15 is 0 Å². The molecule has 0 heterocycles. The van der Waals surface area contributed by atoms with E-state index in [1.807, 2.05) is 12.1 Å². The van der Waals surface area contributed by atoms with Crippen molar-refractivity contribution < 1.29 is 4.39 Å². The van der Waals surface area contributed by atoms with Gasteiger partial charge in [0.1, 0.15) is 5.82 Å². The highest BCUT2D eigenvalue weighted by molar-refractivity contribution is 5.20. The zero-order valence-electron chi connectivity index (χ0n) is 8.39. The second-order valence-electron chi connectivity index (χ2n) is 3.45. The highest BCUT2D eigenvalue weighted by Crippen LogP contribution is 2.24. The lowest BCUT2D eigenvalue weighted by molar-refractivity contribution is 0.590. The molecule has 0 N–H and O–H groups in total. The van der Waals surface area contributed by atoms with Crippen molar-refractivity contribution in [1.29, 1.82) is 0 Å². The molecule has 0 saturated carbocycles. The molecule has 0 fully saturated rings. The largest absolute Gasteiger partial charge is 0.207 e. The predicted molar refractivity (Wildman–Crippen MR) is 54.3 cm³/mol. The number of hydrogen-bond acceptors (Lipinski definition) is 0. The van der Waals surface area contributed by atoms with Crippen LogP contribution >= 0.6 is 0 Å². The molecule has 1 aromatic carbocycles. The molecule has 0 nitrogen and oxygen atoms in total. The average molecular weight is 180 g/mol. The van der Waals surface area contributed by atoms with Crippen molar-refractivity contribution in [3.8, 4) is 0 Å². The van der Waals surface area contributed by atoms with Gasteiger partial charge < -0.3 is 0 Å². The molecular weight excluding hydrogens is 163 g/mol. The Morgan fingerprint density at radius 3 is 2.23 bits per heavy atom. The normalized spacial score (nSPS) is 12.8. The molecule has 0 aliphatic rings. The molecule has 1 aromatic rings.